The van der Waals surface area contributed by atoms with Gasteiger partial charge in [-0.15, -0.1) is 0 Å². The van der Waals surface area contributed by atoms with E-state index in [1.54, 1.807) is 0 Å². The predicted octanol–water partition coefficient (Wildman–Crippen LogP) is 1.49. The number of para-hydroxylation sites is 1. The quantitative estimate of drug-likeness (QED) is 0.836. The Hall–Kier alpha value is -1.36. The summed E-state index contributed by atoms with van der Waals surface area (Å²) >= 11 is 0. The summed E-state index contributed by atoms with van der Waals surface area (Å²) in [5.74, 6) is -0.254. The van der Waals surface area contributed by atoms with E-state index in [-0.39, 0.29) is 12.2 Å². The summed E-state index contributed by atoms with van der Waals surface area (Å²) in [6, 6.07) is 9.48. The lowest BCUT2D eigenvalue weighted by Crippen LogP contribution is -2.27. The molecule has 0 heterocycles. The van der Waals surface area contributed by atoms with Crippen molar-refractivity contribution in [2.45, 2.75) is 18.6 Å². The second kappa shape index (κ2) is 5.82. The van der Waals surface area contributed by atoms with E-state index in [1.165, 1.54) is 6.92 Å². The second-order valence-corrected chi connectivity index (χ2v) is 6.35. The monoisotopic (exact) mass is 255 g/mol. The molecule has 17 heavy (non-hydrogen) atoms. The maximum absolute atomic E-state index is 11.6. The number of Topliss-reactive ketones (excluding diaryl/α,β-unsaturated/α-hetero) is 1. The molecule has 0 saturated heterocycles. The largest absolute Gasteiger partial charge is 0.385 e. The highest BCUT2D eigenvalue weighted by molar-refractivity contribution is 7.92. The van der Waals surface area contributed by atoms with Crippen LogP contribution in [-0.2, 0) is 14.6 Å². The highest BCUT2D eigenvalue weighted by Crippen LogP contribution is 2.06. The molecule has 0 bridgehead atoms. The van der Waals surface area contributed by atoms with Gasteiger partial charge in [-0.3, -0.25) is 4.79 Å². The molecule has 1 N–H and O–H groups in total. The summed E-state index contributed by atoms with van der Waals surface area (Å²) < 4.78 is 22.3. The molecule has 5 heteroatoms. The average molecular weight is 255 g/mol. The summed E-state index contributed by atoms with van der Waals surface area (Å²) in [6.07, 6.45) is 1.29. The van der Waals surface area contributed by atoms with Crippen LogP contribution in [0.5, 0.6) is 0 Å². The van der Waals surface area contributed by atoms with Crippen molar-refractivity contribution in [2.24, 2.45) is 0 Å². The van der Waals surface area contributed by atoms with E-state index in [1.807, 2.05) is 30.3 Å². The fourth-order valence-electron chi connectivity index (χ4n) is 1.33. The SMILES string of the molecule is CC(C(=O)CCNc1ccccc1)S(C)(=O)=O. The summed E-state index contributed by atoms with van der Waals surface area (Å²) in [6.45, 7) is 1.88. The van der Waals surface area contributed by atoms with Crippen LogP contribution in [0, 0.1) is 0 Å². The first-order valence-corrected chi connectivity index (χ1v) is 7.37. The minimum atomic E-state index is -3.27. The third kappa shape index (κ3) is 4.56. The lowest BCUT2D eigenvalue weighted by Gasteiger charge is -2.09. The first kappa shape index (κ1) is 13.7. The lowest BCUT2D eigenvalue weighted by molar-refractivity contribution is -0.118. The van der Waals surface area contributed by atoms with Crippen LogP contribution in [0.25, 0.3) is 0 Å². The topological polar surface area (TPSA) is 63.2 Å². The van der Waals surface area contributed by atoms with Gasteiger partial charge in [-0.25, -0.2) is 8.42 Å². The van der Waals surface area contributed by atoms with E-state index in [0.29, 0.717) is 6.54 Å². The molecule has 1 rings (SSSR count). The zero-order valence-corrected chi connectivity index (χ0v) is 10.8. The van der Waals surface area contributed by atoms with Gasteiger partial charge in [0, 0.05) is 24.9 Å². The first-order valence-electron chi connectivity index (χ1n) is 5.42. The maximum atomic E-state index is 11.6. The molecule has 4 nitrogen and oxygen atoms in total. The zero-order chi connectivity index (χ0) is 12.9. The third-order valence-electron chi connectivity index (χ3n) is 2.57. The average Bonchev–Trinajstić information content (AvgIpc) is 2.28. The number of hydrogen-bond acceptors (Lipinski definition) is 4. The van der Waals surface area contributed by atoms with E-state index >= 15 is 0 Å². The van der Waals surface area contributed by atoms with E-state index in [4.69, 9.17) is 0 Å². The van der Waals surface area contributed by atoms with Gasteiger partial charge in [0.2, 0.25) is 0 Å². The number of sulfone groups is 1. The van der Waals surface area contributed by atoms with Gasteiger partial charge in [-0.1, -0.05) is 18.2 Å². The Morgan fingerprint density at radius 2 is 1.88 bits per heavy atom. The molecular weight excluding hydrogens is 238 g/mol. The minimum Gasteiger partial charge on any atom is -0.385 e. The number of ketones is 1. The molecule has 1 aromatic rings. The van der Waals surface area contributed by atoms with E-state index in [2.05, 4.69) is 5.32 Å². The number of carbonyl (C=O) groups excluding carboxylic acids is 1. The number of benzene rings is 1. The van der Waals surface area contributed by atoms with Crippen molar-refractivity contribution < 1.29 is 13.2 Å². The molecule has 0 saturated carbocycles. The van der Waals surface area contributed by atoms with Crippen molar-refractivity contribution >= 4 is 21.3 Å². The van der Waals surface area contributed by atoms with Crippen LogP contribution < -0.4 is 5.32 Å². The Morgan fingerprint density at radius 1 is 1.29 bits per heavy atom. The molecule has 0 fully saturated rings. The summed E-state index contributed by atoms with van der Waals surface area (Å²) in [5, 5.41) is 2.15. The summed E-state index contributed by atoms with van der Waals surface area (Å²) in [5.41, 5.74) is 0.923. The third-order valence-corrected chi connectivity index (χ3v) is 4.12. The number of rotatable bonds is 6. The van der Waals surface area contributed by atoms with Crippen molar-refractivity contribution in [1.82, 2.24) is 0 Å². The fraction of sp³-hybridized carbons (Fsp3) is 0.417. The van der Waals surface area contributed by atoms with Gasteiger partial charge in [-0.05, 0) is 19.1 Å². The normalized spacial score (nSPS) is 13.1. The molecule has 0 aliphatic heterocycles. The molecule has 0 radical (unpaired) electrons. The van der Waals surface area contributed by atoms with Crippen LogP contribution in [0.3, 0.4) is 0 Å². The van der Waals surface area contributed by atoms with Crippen molar-refractivity contribution in [1.29, 1.82) is 0 Å². The van der Waals surface area contributed by atoms with Crippen molar-refractivity contribution in [3.05, 3.63) is 30.3 Å². The first-order chi connectivity index (χ1) is 7.91. The molecule has 0 amide bonds. The number of nitrogens with one attached hydrogen (secondary N) is 1. The minimum absolute atomic E-state index is 0.211. The lowest BCUT2D eigenvalue weighted by atomic mass is 10.2. The standard InChI is InChI=1S/C12H17NO3S/c1-10(17(2,15)16)12(14)8-9-13-11-6-4-3-5-7-11/h3-7,10,13H,8-9H2,1-2H3. The van der Waals surface area contributed by atoms with Crippen LogP contribution >= 0.6 is 0 Å². The van der Waals surface area contributed by atoms with Gasteiger partial charge < -0.3 is 5.32 Å². The Bertz CT molecular complexity index is 468. The Morgan fingerprint density at radius 3 is 2.41 bits per heavy atom. The summed E-state index contributed by atoms with van der Waals surface area (Å²) in [7, 11) is -3.27. The van der Waals surface area contributed by atoms with E-state index in [0.717, 1.165) is 11.9 Å². The predicted molar refractivity (Wildman–Crippen MR) is 68.9 cm³/mol. The van der Waals surface area contributed by atoms with E-state index in [9.17, 15) is 13.2 Å². The molecular formula is C12H17NO3S. The molecule has 0 aliphatic rings. The van der Waals surface area contributed by atoms with Gasteiger partial charge >= 0.3 is 0 Å². The molecule has 0 spiro atoms. The van der Waals surface area contributed by atoms with Gasteiger partial charge in [0.25, 0.3) is 0 Å². The molecule has 0 aromatic heterocycles. The molecule has 1 aromatic carbocycles. The zero-order valence-electron chi connectivity index (χ0n) is 10.0. The Balaban J connectivity index is 2.40. The molecule has 1 atom stereocenters. The van der Waals surface area contributed by atoms with Crippen LogP contribution in [0.2, 0.25) is 0 Å². The van der Waals surface area contributed by atoms with Crippen LogP contribution in [0.4, 0.5) is 5.69 Å². The molecule has 0 aliphatic carbocycles. The van der Waals surface area contributed by atoms with Gasteiger partial charge in [0.05, 0.1) is 0 Å². The van der Waals surface area contributed by atoms with Gasteiger partial charge in [0.15, 0.2) is 15.6 Å². The number of carbonyl (C=O) groups is 1. The van der Waals surface area contributed by atoms with E-state index < -0.39 is 15.1 Å². The van der Waals surface area contributed by atoms with Crippen LogP contribution in [-0.4, -0.2) is 32.3 Å². The molecule has 94 valence electrons. The second-order valence-electron chi connectivity index (χ2n) is 3.98. The van der Waals surface area contributed by atoms with Crippen molar-refractivity contribution in [3.8, 4) is 0 Å². The number of hydrogen-bond donors (Lipinski definition) is 1. The van der Waals surface area contributed by atoms with Gasteiger partial charge in [-0.2, -0.15) is 0 Å². The highest BCUT2D eigenvalue weighted by atomic mass is 32.2. The highest BCUT2D eigenvalue weighted by Gasteiger charge is 2.22. The van der Waals surface area contributed by atoms with Crippen LogP contribution in [0.1, 0.15) is 13.3 Å². The maximum Gasteiger partial charge on any atom is 0.157 e. The smallest absolute Gasteiger partial charge is 0.157 e. The summed E-state index contributed by atoms with van der Waals surface area (Å²) in [4.78, 5) is 11.6. The number of anilines is 1. The van der Waals surface area contributed by atoms with Crippen molar-refractivity contribution in [2.75, 3.05) is 18.1 Å². The van der Waals surface area contributed by atoms with Crippen LogP contribution in [0.15, 0.2) is 30.3 Å². The van der Waals surface area contributed by atoms with Gasteiger partial charge in [0.1, 0.15) is 5.25 Å². The Labute approximate surface area is 102 Å². The molecule has 1 unspecified atom stereocenters. The van der Waals surface area contributed by atoms with Crippen molar-refractivity contribution in [3.63, 3.8) is 0 Å². The Kier molecular flexibility index (Phi) is 4.69. The fourth-order valence-corrected chi connectivity index (χ4v) is 1.92.